The number of hydrogen-bond acceptors (Lipinski definition) is 3. The predicted molar refractivity (Wildman–Crippen MR) is 74.8 cm³/mol. The van der Waals surface area contributed by atoms with Crippen LogP contribution in [0.3, 0.4) is 0 Å². The number of carbonyl (C=O) groups is 3. The van der Waals surface area contributed by atoms with Gasteiger partial charge in [-0.05, 0) is 12.1 Å². The summed E-state index contributed by atoms with van der Waals surface area (Å²) >= 11 is 0. The van der Waals surface area contributed by atoms with Crippen molar-refractivity contribution >= 4 is 23.5 Å². The van der Waals surface area contributed by atoms with E-state index in [2.05, 4.69) is 6.58 Å². The molecule has 2 amide bonds. The maximum atomic E-state index is 12.6. The highest BCUT2D eigenvalue weighted by atomic mass is 16.4. The van der Waals surface area contributed by atoms with Crippen molar-refractivity contribution in [3.63, 3.8) is 0 Å². The molecule has 0 radical (unpaired) electrons. The lowest BCUT2D eigenvalue weighted by molar-refractivity contribution is -0.150. The molecule has 2 aliphatic rings. The van der Waals surface area contributed by atoms with Crippen molar-refractivity contribution in [3.8, 4) is 0 Å². The molecule has 1 fully saturated rings. The Morgan fingerprint density at radius 1 is 1.38 bits per heavy atom. The molecule has 0 aliphatic carbocycles. The predicted octanol–water partition coefficient (Wildman–Crippen LogP) is 1.24. The van der Waals surface area contributed by atoms with Crippen LogP contribution < -0.4 is 4.90 Å². The van der Waals surface area contributed by atoms with Gasteiger partial charge in [-0.3, -0.25) is 14.5 Å². The zero-order chi connectivity index (χ0) is 15.2. The minimum atomic E-state index is -1.64. The van der Waals surface area contributed by atoms with Crippen LogP contribution in [0.1, 0.15) is 23.2 Å². The molecule has 21 heavy (non-hydrogen) atoms. The lowest BCUT2D eigenvalue weighted by Gasteiger charge is -2.47. The number of hydrogen-bond donors (Lipinski definition) is 1. The molecule has 2 aliphatic heterocycles. The fraction of sp³-hybridized carbons (Fsp3) is 0.267. The lowest BCUT2D eigenvalue weighted by Crippen LogP contribution is -2.68. The van der Waals surface area contributed by atoms with Crippen LogP contribution in [-0.2, 0) is 9.59 Å². The van der Waals surface area contributed by atoms with Gasteiger partial charge in [0.25, 0.3) is 5.91 Å². The Kier molecular flexibility index (Phi) is 2.83. The molecule has 1 aromatic carbocycles. The van der Waals surface area contributed by atoms with Crippen molar-refractivity contribution in [2.24, 2.45) is 0 Å². The summed E-state index contributed by atoms with van der Waals surface area (Å²) in [6, 6.07) is 6.59. The molecule has 1 aromatic rings. The molecule has 6 nitrogen and oxygen atoms in total. The second-order valence-electron chi connectivity index (χ2n) is 5.07. The molecule has 108 valence electrons. The van der Waals surface area contributed by atoms with E-state index in [0.29, 0.717) is 11.3 Å². The molecule has 1 saturated heterocycles. The van der Waals surface area contributed by atoms with Gasteiger partial charge in [-0.1, -0.05) is 18.2 Å². The summed E-state index contributed by atoms with van der Waals surface area (Å²) < 4.78 is 0. The highest BCUT2D eigenvalue weighted by Gasteiger charge is 2.60. The topological polar surface area (TPSA) is 77.9 Å². The molecule has 1 N–H and O–H groups in total. The smallest absolute Gasteiger partial charge is 0.351 e. The standard InChI is InChI=1S/C15H14N2O4/c1-2-9-16-13(19)10-5-3-4-6-11(10)17-12(18)7-8-15(16,17)14(20)21/h2-6H,1,7-9H2,(H,20,21). The first kappa shape index (κ1) is 13.4. The summed E-state index contributed by atoms with van der Waals surface area (Å²) in [5.41, 5.74) is -0.935. The van der Waals surface area contributed by atoms with Gasteiger partial charge in [0, 0.05) is 19.4 Å². The number of fused-ring (bicyclic) bond motifs is 3. The Labute approximate surface area is 121 Å². The van der Waals surface area contributed by atoms with Gasteiger partial charge in [0.15, 0.2) is 0 Å². The van der Waals surface area contributed by atoms with Gasteiger partial charge in [-0.2, -0.15) is 0 Å². The van der Waals surface area contributed by atoms with Crippen LogP contribution in [0.2, 0.25) is 0 Å². The maximum Gasteiger partial charge on any atom is 0.351 e. The number of carbonyl (C=O) groups excluding carboxylic acids is 2. The van der Waals surface area contributed by atoms with Gasteiger partial charge in [-0.25, -0.2) is 4.79 Å². The first-order valence-electron chi connectivity index (χ1n) is 6.62. The van der Waals surface area contributed by atoms with Gasteiger partial charge in [0.2, 0.25) is 11.6 Å². The maximum absolute atomic E-state index is 12.6. The largest absolute Gasteiger partial charge is 0.478 e. The van der Waals surface area contributed by atoms with Crippen molar-refractivity contribution < 1.29 is 19.5 Å². The fourth-order valence-electron chi connectivity index (χ4n) is 3.14. The first-order chi connectivity index (χ1) is 10.0. The second kappa shape index (κ2) is 4.44. The minimum absolute atomic E-state index is 0.0727. The molecule has 1 atom stereocenters. The SMILES string of the molecule is C=CCN1C(=O)c2ccccc2N2C(=O)CCC12C(=O)O. The van der Waals surface area contributed by atoms with E-state index in [1.807, 2.05) is 0 Å². The van der Waals surface area contributed by atoms with Crippen LogP contribution in [0, 0.1) is 0 Å². The molecule has 0 spiro atoms. The average Bonchev–Trinajstić information content (AvgIpc) is 2.82. The van der Waals surface area contributed by atoms with Crippen molar-refractivity contribution in [1.82, 2.24) is 4.90 Å². The fourth-order valence-corrected chi connectivity index (χ4v) is 3.14. The van der Waals surface area contributed by atoms with E-state index in [-0.39, 0.29) is 31.2 Å². The van der Waals surface area contributed by atoms with E-state index in [1.54, 1.807) is 24.3 Å². The van der Waals surface area contributed by atoms with Crippen LogP contribution in [0.15, 0.2) is 36.9 Å². The monoisotopic (exact) mass is 286 g/mol. The minimum Gasteiger partial charge on any atom is -0.478 e. The van der Waals surface area contributed by atoms with Crippen LogP contribution in [0.25, 0.3) is 0 Å². The summed E-state index contributed by atoms with van der Waals surface area (Å²) in [6.07, 6.45) is 1.65. The normalized spacial score (nSPS) is 23.8. The lowest BCUT2D eigenvalue weighted by atomic mass is 9.96. The van der Waals surface area contributed by atoms with Crippen molar-refractivity contribution in [2.75, 3.05) is 11.4 Å². The number of anilines is 1. The third-order valence-corrected chi connectivity index (χ3v) is 4.03. The number of nitrogens with zero attached hydrogens (tertiary/aromatic N) is 2. The van der Waals surface area contributed by atoms with E-state index >= 15 is 0 Å². The van der Waals surface area contributed by atoms with E-state index < -0.39 is 11.6 Å². The number of aliphatic carboxylic acids is 1. The summed E-state index contributed by atoms with van der Waals surface area (Å²) in [4.78, 5) is 39.3. The summed E-state index contributed by atoms with van der Waals surface area (Å²) in [5, 5.41) is 9.74. The number of amides is 2. The third-order valence-electron chi connectivity index (χ3n) is 4.03. The molecule has 1 unspecified atom stereocenters. The summed E-state index contributed by atoms with van der Waals surface area (Å²) in [7, 11) is 0. The van der Waals surface area contributed by atoms with E-state index in [0.717, 1.165) is 0 Å². The zero-order valence-corrected chi connectivity index (χ0v) is 11.3. The third kappa shape index (κ3) is 1.55. The molecule has 0 saturated carbocycles. The van der Waals surface area contributed by atoms with Crippen LogP contribution in [-0.4, -0.2) is 40.0 Å². The van der Waals surface area contributed by atoms with Crippen LogP contribution in [0.4, 0.5) is 5.69 Å². The van der Waals surface area contributed by atoms with Gasteiger partial charge >= 0.3 is 5.97 Å². The van der Waals surface area contributed by atoms with Crippen LogP contribution >= 0.6 is 0 Å². The Bertz CT molecular complexity index is 669. The van der Waals surface area contributed by atoms with E-state index in [4.69, 9.17) is 0 Å². The zero-order valence-electron chi connectivity index (χ0n) is 11.3. The highest BCUT2D eigenvalue weighted by molar-refractivity contribution is 6.15. The second-order valence-corrected chi connectivity index (χ2v) is 5.07. The van der Waals surface area contributed by atoms with Crippen molar-refractivity contribution in [1.29, 1.82) is 0 Å². The quantitative estimate of drug-likeness (QED) is 0.848. The molecular weight excluding hydrogens is 272 g/mol. The molecule has 2 heterocycles. The van der Waals surface area contributed by atoms with Crippen LogP contribution in [0.5, 0.6) is 0 Å². The molecule has 6 heteroatoms. The molecule has 3 rings (SSSR count). The number of carboxylic acids is 1. The number of rotatable bonds is 3. The number of carboxylic acid groups (broad SMARTS) is 1. The number of benzene rings is 1. The van der Waals surface area contributed by atoms with E-state index in [9.17, 15) is 19.5 Å². The van der Waals surface area contributed by atoms with E-state index in [1.165, 1.54) is 15.9 Å². The Balaban J connectivity index is 2.30. The Morgan fingerprint density at radius 3 is 2.76 bits per heavy atom. The summed E-state index contributed by atoms with van der Waals surface area (Å²) in [5.74, 6) is -1.87. The van der Waals surface area contributed by atoms with Crippen molar-refractivity contribution in [2.45, 2.75) is 18.5 Å². The Morgan fingerprint density at radius 2 is 2.10 bits per heavy atom. The van der Waals surface area contributed by atoms with Crippen molar-refractivity contribution in [3.05, 3.63) is 42.5 Å². The van der Waals surface area contributed by atoms with Gasteiger partial charge in [-0.15, -0.1) is 6.58 Å². The molecule has 0 aromatic heterocycles. The number of para-hydroxylation sites is 1. The average molecular weight is 286 g/mol. The first-order valence-corrected chi connectivity index (χ1v) is 6.62. The molecule has 0 bridgehead atoms. The van der Waals surface area contributed by atoms with Gasteiger partial charge in [0.05, 0.1) is 11.3 Å². The van der Waals surface area contributed by atoms with Gasteiger partial charge < -0.3 is 10.0 Å². The highest BCUT2D eigenvalue weighted by Crippen LogP contribution is 2.44. The Hall–Kier alpha value is -2.63. The summed E-state index contributed by atoms with van der Waals surface area (Å²) in [6.45, 7) is 3.65. The van der Waals surface area contributed by atoms with Gasteiger partial charge in [0.1, 0.15) is 0 Å². The molecular formula is C15H14N2O4.